The first-order valence-corrected chi connectivity index (χ1v) is 18.5. The minimum Gasteiger partial charge on any atom is -0.310 e. The molecule has 0 N–H and O–H groups in total. The molecular formula is C49H29NS. The number of hydrogen-bond donors (Lipinski definition) is 0. The van der Waals surface area contributed by atoms with E-state index >= 15 is 0 Å². The van der Waals surface area contributed by atoms with Crippen LogP contribution >= 0.6 is 11.3 Å². The molecule has 51 heavy (non-hydrogen) atoms. The molecule has 0 fully saturated rings. The summed E-state index contributed by atoms with van der Waals surface area (Å²) in [5, 5.41) is 2.63. The molecule has 1 nitrogen and oxygen atoms in total. The lowest BCUT2D eigenvalue weighted by Gasteiger charge is -2.31. The van der Waals surface area contributed by atoms with Gasteiger partial charge in [0.2, 0.25) is 0 Å². The monoisotopic (exact) mass is 663 g/mol. The second-order valence-corrected chi connectivity index (χ2v) is 15.1. The van der Waals surface area contributed by atoms with E-state index in [1.165, 1.54) is 86.9 Å². The summed E-state index contributed by atoms with van der Waals surface area (Å²) in [6, 6.07) is 65.7. The number of nitrogens with zero attached hydrogens (tertiary/aromatic N) is 1. The molecule has 1 atom stereocenters. The number of anilines is 3. The maximum absolute atomic E-state index is 2.52. The average molecular weight is 664 g/mol. The number of para-hydroxylation sites is 1. The fourth-order valence-electron chi connectivity index (χ4n) is 9.69. The van der Waals surface area contributed by atoms with E-state index in [9.17, 15) is 0 Å². The van der Waals surface area contributed by atoms with E-state index in [0.717, 1.165) is 17.1 Å². The molecule has 0 aliphatic heterocycles. The Morgan fingerprint density at radius 2 is 0.941 bits per heavy atom. The third kappa shape index (κ3) is 3.45. The topological polar surface area (TPSA) is 3.24 Å². The highest BCUT2D eigenvalue weighted by Crippen LogP contribution is 2.70. The Morgan fingerprint density at radius 1 is 0.373 bits per heavy atom. The average Bonchev–Trinajstić information content (AvgIpc) is 3.90. The van der Waals surface area contributed by atoms with Gasteiger partial charge in [0.05, 0.1) is 11.1 Å². The lowest BCUT2D eigenvalue weighted by molar-refractivity contribution is 0.818. The zero-order valence-corrected chi connectivity index (χ0v) is 28.4. The normalized spacial score (nSPS) is 15.5. The zero-order chi connectivity index (χ0) is 33.3. The first-order chi connectivity index (χ1) is 25.3. The van der Waals surface area contributed by atoms with E-state index in [2.05, 4.69) is 181 Å². The van der Waals surface area contributed by atoms with E-state index in [-0.39, 0.29) is 5.41 Å². The maximum atomic E-state index is 2.52. The number of hydrogen-bond acceptors (Lipinski definition) is 2. The molecule has 2 heteroatoms. The van der Waals surface area contributed by atoms with Crippen molar-refractivity contribution in [2.24, 2.45) is 0 Å². The number of rotatable bonds is 4. The zero-order valence-electron chi connectivity index (χ0n) is 27.6. The van der Waals surface area contributed by atoms with E-state index in [0.29, 0.717) is 0 Å². The van der Waals surface area contributed by atoms with Gasteiger partial charge in [0.1, 0.15) is 0 Å². The Morgan fingerprint density at radius 3 is 1.75 bits per heavy atom. The van der Waals surface area contributed by atoms with Crippen LogP contribution in [0, 0.1) is 0 Å². The van der Waals surface area contributed by atoms with Gasteiger partial charge in [-0.05, 0) is 97.6 Å². The van der Waals surface area contributed by atoms with Crippen LogP contribution in [0.2, 0.25) is 0 Å². The van der Waals surface area contributed by atoms with E-state index in [1.807, 2.05) is 11.3 Å². The van der Waals surface area contributed by atoms with Crippen LogP contribution in [-0.2, 0) is 5.41 Å². The Balaban J connectivity index is 1.16. The molecule has 0 saturated carbocycles. The van der Waals surface area contributed by atoms with E-state index in [1.54, 1.807) is 0 Å². The molecule has 12 rings (SSSR count). The van der Waals surface area contributed by atoms with Crippen molar-refractivity contribution in [3.8, 4) is 44.5 Å². The number of fused-ring (bicyclic) bond motifs is 8. The predicted octanol–water partition coefficient (Wildman–Crippen LogP) is 13.5. The summed E-state index contributed by atoms with van der Waals surface area (Å²) in [4.78, 5) is 2.50. The van der Waals surface area contributed by atoms with Crippen LogP contribution in [0.25, 0.3) is 64.7 Å². The fourth-order valence-corrected chi connectivity index (χ4v) is 10.8. The molecular weight excluding hydrogens is 635 g/mol. The first-order valence-electron chi connectivity index (χ1n) is 17.7. The second kappa shape index (κ2) is 9.94. The molecule has 9 aromatic rings. The molecule has 3 aliphatic carbocycles. The van der Waals surface area contributed by atoms with Gasteiger partial charge in [0, 0.05) is 37.1 Å². The fraction of sp³-hybridized carbons (Fsp3) is 0.0204. The first kappa shape index (κ1) is 27.6. The van der Waals surface area contributed by atoms with Crippen LogP contribution in [0.4, 0.5) is 17.1 Å². The van der Waals surface area contributed by atoms with Gasteiger partial charge in [0.15, 0.2) is 0 Å². The lowest BCUT2D eigenvalue weighted by atomic mass is 9.73. The standard InChI is InChI=1S/C49H29NS/c1-2-12-30(13-3-1)33-14-5-8-22-44(33)50(32-25-27-37-36-16-6-9-23-45(36)51-46(37)29-32)31-24-26-35-39-18-11-20-41-40-19-10-17-38-34-15-4-7-21-42(34)49(47(38)40,48(39)41)43(35)28-31/h1-29H. The van der Waals surface area contributed by atoms with Crippen molar-refractivity contribution in [1.82, 2.24) is 0 Å². The molecule has 8 aromatic carbocycles. The van der Waals surface area contributed by atoms with Crippen LogP contribution in [-0.4, -0.2) is 0 Å². The molecule has 0 amide bonds. The summed E-state index contributed by atoms with van der Waals surface area (Å²) in [5.74, 6) is 0. The van der Waals surface area contributed by atoms with E-state index < -0.39 is 0 Å². The summed E-state index contributed by atoms with van der Waals surface area (Å²) in [6.45, 7) is 0. The van der Waals surface area contributed by atoms with Crippen molar-refractivity contribution in [3.63, 3.8) is 0 Å². The third-order valence-electron chi connectivity index (χ3n) is 11.6. The van der Waals surface area contributed by atoms with Crippen LogP contribution in [0.15, 0.2) is 176 Å². The Labute approximate surface area is 300 Å². The molecule has 0 bridgehead atoms. The van der Waals surface area contributed by atoms with Gasteiger partial charge in [-0.1, -0.05) is 140 Å². The highest BCUT2D eigenvalue weighted by atomic mass is 32.1. The van der Waals surface area contributed by atoms with Crippen molar-refractivity contribution in [1.29, 1.82) is 0 Å². The SMILES string of the molecule is c1ccc(-c2ccccc2N(c2ccc3c(c2)C24c5ccccc5-c5cccc(c52)-c2cccc-3c24)c2ccc3c(c2)sc2ccccc23)cc1. The summed E-state index contributed by atoms with van der Waals surface area (Å²) in [5.41, 5.74) is 19.4. The van der Waals surface area contributed by atoms with Gasteiger partial charge < -0.3 is 4.90 Å². The van der Waals surface area contributed by atoms with Crippen LogP contribution in [0.1, 0.15) is 22.3 Å². The van der Waals surface area contributed by atoms with Gasteiger partial charge in [-0.25, -0.2) is 0 Å². The van der Waals surface area contributed by atoms with Crippen molar-refractivity contribution < 1.29 is 0 Å². The van der Waals surface area contributed by atoms with Crippen LogP contribution in [0.3, 0.4) is 0 Å². The minimum absolute atomic E-state index is 0.333. The molecule has 1 heterocycles. The van der Waals surface area contributed by atoms with Gasteiger partial charge in [-0.2, -0.15) is 0 Å². The van der Waals surface area contributed by atoms with Gasteiger partial charge in [-0.15, -0.1) is 11.3 Å². The smallest absolute Gasteiger partial charge is 0.0738 e. The minimum atomic E-state index is -0.333. The highest BCUT2D eigenvalue weighted by Gasteiger charge is 2.57. The lowest BCUT2D eigenvalue weighted by Crippen LogP contribution is -2.23. The number of benzene rings is 8. The summed E-state index contributed by atoms with van der Waals surface area (Å²) < 4.78 is 2.62. The van der Waals surface area contributed by atoms with E-state index in [4.69, 9.17) is 0 Å². The van der Waals surface area contributed by atoms with Crippen molar-refractivity contribution >= 4 is 48.6 Å². The highest BCUT2D eigenvalue weighted by molar-refractivity contribution is 7.25. The predicted molar refractivity (Wildman–Crippen MR) is 215 cm³/mol. The Bertz CT molecular complexity index is 2900. The number of thiophene rings is 1. The summed E-state index contributed by atoms with van der Waals surface area (Å²) >= 11 is 1.87. The molecule has 1 aromatic heterocycles. The van der Waals surface area contributed by atoms with Crippen LogP contribution in [0.5, 0.6) is 0 Å². The van der Waals surface area contributed by atoms with Crippen LogP contribution < -0.4 is 4.90 Å². The summed E-state index contributed by atoms with van der Waals surface area (Å²) in [7, 11) is 0. The molecule has 0 radical (unpaired) electrons. The van der Waals surface area contributed by atoms with Gasteiger partial charge in [-0.3, -0.25) is 0 Å². The molecule has 1 unspecified atom stereocenters. The molecule has 236 valence electrons. The second-order valence-electron chi connectivity index (χ2n) is 14.0. The quantitative estimate of drug-likeness (QED) is 0.181. The van der Waals surface area contributed by atoms with Crippen molar-refractivity contribution in [3.05, 3.63) is 198 Å². The largest absolute Gasteiger partial charge is 0.310 e. The molecule has 1 spiro atoms. The summed E-state index contributed by atoms with van der Waals surface area (Å²) in [6.07, 6.45) is 0. The van der Waals surface area contributed by atoms with Gasteiger partial charge in [0.25, 0.3) is 0 Å². The van der Waals surface area contributed by atoms with Gasteiger partial charge >= 0.3 is 0 Å². The Kier molecular flexibility index (Phi) is 5.38. The molecule has 0 saturated heterocycles. The van der Waals surface area contributed by atoms with Crippen molar-refractivity contribution in [2.75, 3.05) is 4.90 Å². The molecule has 3 aliphatic rings. The third-order valence-corrected chi connectivity index (χ3v) is 12.7. The van der Waals surface area contributed by atoms with Crippen molar-refractivity contribution in [2.45, 2.75) is 5.41 Å². The Hall–Kier alpha value is -6.22. The maximum Gasteiger partial charge on any atom is 0.0738 e.